The van der Waals surface area contributed by atoms with E-state index < -0.39 is 36.1 Å². The van der Waals surface area contributed by atoms with Gasteiger partial charge in [0.05, 0.1) is 12.6 Å². The van der Waals surface area contributed by atoms with Crippen molar-refractivity contribution in [2.75, 3.05) is 13.2 Å². The minimum absolute atomic E-state index is 0.0805. The van der Waals surface area contributed by atoms with Gasteiger partial charge in [-0.1, -0.05) is 36.4 Å². The van der Waals surface area contributed by atoms with Crippen LogP contribution in [0.15, 0.2) is 54.6 Å². The van der Waals surface area contributed by atoms with E-state index >= 15 is 0 Å². The minimum Gasteiger partial charge on any atom is -0.439 e. The lowest BCUT2D eigenvalue weighted by Crippen LogP contribution is -2.40. The molecule has 152 valence electrons. The number of halogens is 3. The zero-order valence-electron chi connectivity index (χ0n) is 14.8. The summed E-state index contributed by atoms with van der Waals surface area (Å²) in [4.78, 5) is 37.0. The number of carbonyl (C=O) groups is 3. The summed E-state index contributed by atoms with van der Waals surface area (Å²) in [5.74, 6) is -1.79. The first kappa shape index (κ1) is 20.2. The van der Waals surface area contributed by atoms with Crippen LogP contribution in [0.3, 0.4) is 0 Å². The highest BCUT2D eigenvalue weighted by atomic mass is 19.4. The Hall–Kier alpha value is -3.56. The lowest BCUT2D eigenvalue weighted by atomic mass is 10.1. The van der Waals surface area contributed by atoms with Crippen molar-refractivity contribution in [2.45, 2.75) is 12.4 Å². The molecule has 3 amide bonds. The number of nitrogens with zero attached hydrogens (tertiary/aromatic N) is 1. The van der Waals surface area contributed by atoms with Crippen LogP contribution in [-0.2, 0) is 9.53 Å². The number of imide groups is 1. The summed E-state index contributed by atoms with van der Waals surface area (Å²) in [6.07, 6.45) is -5.72. The van der Waals surface area contributed by atoms with E-state index in [-0.39, 0.29) is 18.7 Å². The lowest BCUT2D eigenvalue weighted by Gasteiger charge is -2.23. The highest BCUT2D eigenvalue weighted by molar-refractivity contribution is 5.98. The third-order valence-corrected chi connectivity index (χ3v) is 4.04. The summed E-state index contributed by atoms with van der Waals surface area (Å²) >= 11 is 0. The average Bonchev–Trinajstić information content (AvgIpc) is 2.99. The Labute approximate surface area is 163 Å². The first-order chi connectivity index (χ1) is 13.7. The van der Waals surface area contributed by atoms with Gasteiger partial charge in [0.25, 0.3) is 11.8 Å². The largest absolute Gasteiger partial charge is 0.573 e. The molecule has 1 heterocycles. The molecule has 0 aliphatic carbocycles. The molecule has 10 heteroatoms. The summed E-state index contributed by atoms with van der Waals surface area (Å²) in [6.45, 7) is -0.572. The van der Waals surface area contributed by atoms with E-state index in [1.807, 2.05) is 0 Å². The smallest absolute Gasteiger partial charge is 0.439 e. The van der Waals surface area contributed by atoms with Crippen molar-refractivity contribution in [2.24, 2.45) is 0 Å². The molecule has 1 N–H and O–H groups in total. The molecule has 1 saturated heterocycles. The van der Waals surface area contributed by atoms with E-state index in [4.69, 9.17) is 0 Å². The molecule has 1 unspecified atom stereocenters. The van der Waals surface area contributed by atoms with Crippen molar-refractivity contribution in [1.82, 2.24) is 10.2 Å². The van der Waals surface area contributed by atoms with Gasteiger partial charge in [-0.3, -0.25) is 9.59 Å². The van der Waals surface area contributed by atoms with Crippen molar-refractivity contribution in [3.05, 3.63) is 65.7 Å². The van der Waals surface area contributed by atoms with Crippen molar-refractivity contribution in [3.8, 4) is 5.75 Å². The van der Waals surface area contributed by atoms with Crippen LogP contribution < -0.4 is 10.1 Å². The molecule has 29 heavy (non-hydrogen) atoms. The van der Waals surface area contributed by atoms with Gasteiger partial charge in [0.2, 0.25) is 0 Å². The average molecular weight is 408 g/mol. The standard InChI is InChI=1S/C19H15F3N2O5/c20-19(21,22)29-14-8-4-7-13(9-14)17(26)23-15(12-5-2-1-3-6-12)10-24-16(25)11-28-18(24)27/h1-9,15H,10-11H2,(H,23,26). The lowest BCUT2D eigenvalue weighted by molar-refractivity contribution is -0.274. The molecule has 1 fully saturated rings. The molecule has 0 radical (unpaired) electrons. The Balaban J connectivity index is 1.80. The topological polar surface area (TPSA) is 84.9 Å². The molecule has 2 aromatic carbocycles. The Morgan fingerprint density at radius 3 is 2.48 bits per heavy atom. The van der Waals surface area contributed by atoms with Crippen LogP contribution in [0, 0.1) is 0 Å². The Morgan fingerprint density at radius 1 is 1.14 bits per heavy atom. The van der Waals surface area contributed by atoms with Gasteiger partial charge in [-0.2, -0.15) is 0 Å². The second-order valence-corrected chi connectivity index (χ2v) is 6.07. The van der Waals surface area contributed by atoms with Gasteiger partial charge in [0, 0.05) is 5.56 Å². The summed E-state index contributed by atoms with van der Waals surface area (Å²) < 4.78 is 45.7. The molecular weight excluding hydrogens is 393 g/mol. The summed E-state index contributed by atoms with van der Waals surface area (Å²) in [7, 11) is 0. The molecule has 3 rings (SSSR count). The summed E-state index contributed by atoms with van der Waals surface area (Å²) in [6, 6.07) is 12.3. The first-order valence-corrected chi connectivity index (χ1v) is 8.42. The first-order valence-electron chi connectivity index (χ1n) is 8.42. The fourth-order valence-corrected chi connectivity index (χ4v) is 2.74. The normalized spacial score (nSPS) is 15.1. The number of rotatable bonds is 6. The van der Waals surface area contributed by atoms with Gasteiger partial charge >= 0.3 is 12.5 Å². The number of ether oxygens (including phenoxy) is 2. The quantitative estimate of drug-likeness (QED) is 0.794. The van der Waals surface area contributed by atoms with E-state index in [9.17, 15) is 27.6 Å². The molecule has 1 aliphatic rings. The monoisotopic (exact) mass is 408 g/mol. The number of nitrogens with one attached hydrogen (secondary N) is 1. The minimum atomic E-state index is -4.89. The zero-order valence-corrected chi connectivity index (χ0v) is 14.8. The number of carbonyl (C=O) groups excluding carboxylic acids is 3. The van der Waals surface area contributed by atoms with Crippen LogP contribution in [0.25, 0.3) is 0 Å². The zero-order chi connectivity index (χ0) is 21.0. The van der Waals surface area contributed by atoms with Crippen molar-refractivity contribution >= 4 is 17.9 Å². The second-order valence-electron chi connectivity index (χ2n) is 6.07. The summed E-state index contributed by atoms with van der Waals surface area (Å²) in [5, 5.41) is 2.63. The fourth-order valence-electron chi connectivity index (χ4n) is 2.74. The number of hydrogen-bond donors (Lipinski definition) is 1. The maximum Gasteiger partial charge on any atom is 0.573 e. The molecule has 7 nitrogen and oxygen atoms in total. The van der Waals surface area contributed by atoms with Crippen LogP contribution in [-0.4, -0.2) is 42.3 Å². The van der Waals surface area contributed by atoms with Crippen LogP contribution in [0.4, 0.5) is 18.0 Å². The number of benzene rings is 2. The predicted octanol–water partition coefficient (Wildman–Crippen LogP) is 3.04. The number of hydrogen-bond acceptors (Lipinski definition) is 5. The molecule has 1 atom stereocenters. The molecule has 2 aromatic rings. The Kier molecular flexibility index (Phi) is 5.71. The van der Waals surface area contributed by atoms with Gasteiger partial charge in [-0.25, -0.2) is 9.69 Å². The molecule has 0 bridgehead atoms. The van der Waals surface area contributed by atoms with Crippen LogP contribution in [0.1, 0.15) is 22.0 Å². The number of cyclic esters (lactones) is 1. The Morgan fingerprint density at radius 2 is 1.86 bits per heavy atom. The summed E-state index contributed by atoms with van der Waals surface area (Å²) in [5.41, 5.74) is 0.513. The van der Waals surface area contributed by atoms with Gasteiger partial charge < -0.3 is 14.8 Å². The highest BCUT2D eigenvalue weighted by Crippen LogP contribution is 2.24. The van der Waals surface area contributed by atoms with Crippen molar-refractivity contribution < 1.29 is 37.0 Å². The van der Waals surface area contributed by atoms with Gasteiger partial charge in [0.15, 0.2) is 6.61 Å². The van der Waals surface area contributed by atoms with Crippen molar-refractivity contribution in [3.63, 3.8) is 0 Å². The van der Waals surface area contributed by atoms with E-state index in [1.54, 1.807) is 30.3 Å². The van der Waals surface area contributed by atoms with E-state index in [0.717, 1.165) is 17.0 Å². The fraction of sp³-hybridized carbons (Fsp3) is 0.211. The Bertz CT molecular complexity index is 902. The second kappa shape index (κ2) is 8.21. The molecule has 0 saturated carbocycles. The third kappa shape index (κ3) is 5.24. The maximum atomic E-state index is 12.6. The highest BCUT2D eigenvalue weighted by Gasteiger charge is 2.34. The van der Waals surface area contributed by atoms with Crippen molar-refractivity contribution in [1.29, 1.82) is 0 Å². The SMILES string of the molecule is O=C(NC(CN1C(=O)COC1=O)c1ccccc1)c1cccc(OC(F)(F)F)c1. The number of alkyl halides is 3. The van der Waals surface area contributed by atoms with Gasteiger partial charge in [0.1, 0.15) is 5.75 Å². The molecule has 0 aromatic heterocycles. The van der Waals surface area contributed by atoms with Crippen LogP contribution in [0.2, 0.25) is 0 Å². The van der Waals surface area contributed by atoms with Gasteiger partial charge in [-0.05, 0) is 23.8 Å². The molecule has 1 aliphatic heterocycles. The third-order valence-electron chi connectivity index (χ3n) is 4.04. The van der Waals surface area contributed by atoms with Crippen LogP contribution in [0.5, 0.6) is 5.75 Å². The van der Waals surface area contributed by atoms with Crippen LogP contribution >= 0.6 is 0 Å². The van der Waals surface area contributed by atoms with E-state index in [0.29, 0.717) is 5.56 Å². The predicted molar refractivity (Wildman–Crippen MR) is 92.8 cm³/mol. The maximum absolute atomic E-state index is 12.6. The molecular formula is C19H15F3N2O5. The van der Waals surface area contributed by atoms with E-state index in [1.165, 1.54) is 12.1 Å². The number of amides is 3. The molecule has 0 spiro atoms. The van der Waals surface area contributed by atoms with Gasteiger partial charge in [-0.15, -0.1) is 13.2 Å². The van der Waals surface area contributed by atoms with E-state index in [2.05, 4.69) is 14.8 Å².